The summed E-state index contributed by atoms with van der Waals surface area (Å²) < 4.78 is 13.7. The highest BCUT2D eigenvalue weighted by Crippen LogP contribution is 2.01. The molecule has 1 aromatic rings. The van der Waals surface area contributed by atoms with Gasteiger partial charge in [-0.3, -0.25) is 4.68 Å². The Kier molecular flexibility index (Phi) is 4.59. The second-order valence-corrected chi connectivity index (χ2v) is 3.44. The van der Waals surface area contributed by atoms with Crippen LogP contribution in [0, 0.1) is 13.8 Å². The van der Waals surface area contributed by atoms with Crippen molar-refractivity contribution in [2.24, 2.45) is 0 Å². The van der Waals surface area contributed by atoms with Crippen molar-refractivity contribution in [2.75, 3.05) is 19.8 Å². The summed E-state index contributed by atoms with van der Waals surface area (Å²) in [6, 6.07) is 2.06. The van der Waals surface area contributed by atoms with E-state index in [1.807, 2.05) is 11.6 Å². The average Bonchev–Trinajstić information content (AvgIpc) is 2.45. The largest absolute Gasteiger partial charge is 0.314 e. The van der Waals surface area contributed by atoms with Crippen LogP contribution in [0.5, 0.6) is 0 Å². The van der Waals surface area contributed by atoms with Gasteiger partial charge in [0.15, 0.2) is 0 Å². The Bertz CT molecular complexity index is 270. The van der Waals surface area contributed by atoms with Crippen LogP contribution in [0.2, 0.25) is 0 Å². The molecule has 1 rings (SSSR count). The molecule has 0 spiro atoms. The number of halogens is 1. The molecule has 1 heterocycles. The van der Waals surface area contributed by atoms with E-state index in [4.69, 9.17) is 0 Å². The van der Waals surface area contributed by atoms with Gasteiger partial charge >= 0.3 is 0 Å². The van der Waals surface area contributed by atoms with Gasteiger partial charge < -0.3 is 5.32 Å². The summed E-state index contributed by atoms with van der Waals surface area (Å²) in [5.74, 6) is 0. The van der Waals surface area contributed by atoms with E-state index in [1.165, 1.54) is 5.69 Å². The fourth-order valence-corrected chi connectivity index (χ4v) is 1.45. The van der Waals surface area contributed by atoms with E-state index in [1.54, 1.807) is 0 Å². The summed E-state index contributed by atoms with van der Waals surface area (Å²) in [5, 5.41) is 7.36. The first-order valence-electron chi connectivity index (χ1n) is 5.02. The monoisotopic (exact) mass is 199 g/mol. The summed E-state index contributed by atoms with van der Waals surface area (Å²) in [6.45, 7) is 5.96. The maximum absolute atomic E-state index is 11.7. The number of nitrogens with one attached hydrogen (secondary N) is 1. The lowest BCUT2D eigenvalue weighted by Gasteiger charge is -2.04. The van der Waals surface area contributed by atoms with E-state index in [0.717, 1.165) is 25.2 Å². The minimum atomic E-state index is -0.292. The van der Waals surface area contributed by atoms with Gasteiger partial charge in [0, 0.05) is 18.8 Å². The predicted molar refractivity (Wildman–Crippen MR) is 55.2 cm³/mol. The van der Waals surface area contributed by atoms with Gasteiger partial charge in [0.1, 0.15) is 6.67 Å². The van der Waals surface area contributed by atoms with Gasteiger partial charge in [0.05, 0.1) is 5.69 Å². The van der Waals surface area contributed by atoms with Crippen LogP contribution in [0.4, 0.5) is 4.39 Å². The molecule has 1 N–H and O–H groups in total. The fourth-order valence-electron chi connectivity index (χ4n) is 1.45. The molecule has 0 aliphatic carbocycles. The van der Waals surface area contributed by atoms with Crippen molar-refractivity contribution in [3.8, 4) is 0 Å². The highest BCUT2D eigenvalue weighted by atomic mass is 19.1. The first-order valence-corrected chi connectivity index (χ1v) is 5.02. The normalized spacial score (nSPS) is 10.8. The van der Waals surface area contributed by atoms with Crippen LogP contribution in [0.1, 0.15) is 17.8 Å². The molecule has 1 aromatic heterocycles. The van der Waals surface area contributed by atoms with Crippen molar-refractivity contribution in [1.29, 1.82) is 0 Å². The molecule has 80 valence electrons. The number of rotatable bonds is 6. The number of hydrogen-bond acceptors (Lipinski definition) is 2. The van der Waals surface area contributed by atoms with E-state index in [2.05, 4.69) is 23.4 Å². The minimum absolute atomic E-state index is 0.292. The standard InChI is InChI=1S/C10H18FN3/c1-9-8-10(2)14(13-9)7-3-5-12-6-4-11/h8,12H,3-7H2,1-2H3. The highest BCUT2D eigenvalue weighted by molar-refractivity contribution is 5.06. The van der Waals surface area contributed by atoms with Crippen molar-refractivity contribution in [3.63, 3.8) is 0 Å². The Balaban J connectivity index is 2.21. The van der Waals surface area contributed by atoms with Crippen molar-refractivity contribution in [3.05, 3.63) is 17.5 Å². The highest BCUT2D eigenvalue weighted by Gasteiger charge is 1.99. The Labute approximate surface area is 84.3 Å². The fraction of sp³-hybridized carbons (Fsp3) is 0.700. The van der Waals surface area contributed by atoms with E-state index >= 15 is 0 Å². The molecule has 0 aromatic carbocycles. The Morgan fingerprint density at radius 3 is 2.79 bits per heavy atom. The SMILES string of the molecule is Cc1cc(C)n(CCCNCCF)n1. The van der Waals surface area contributed by atoms with Crippen molar-refractivity contribution < 1.29 is 4.39 Å². The van der Waals surface area contributed by atoms with Gasteiger partial charge in [-0.1, -0.05) is 0 Å². The zero-order valence-electron chi connectivity index (χ0n) is 8.89. The number of aromatic nitrogens is 2. The Morgan fingerprint density at radius 2 is 2.21 bits per heavy atom. The van der Waals surface area contributed by atoms with E-state index < -0.39 is 0 Å². The lowest BCUT2D eigenvalue weighted by molar-refractivity contribution is 0.455. The average molecular weight is 199 g/mol. The maximum atomic E-state index is 11.7. The molecule has 3 nitrogen and oxygen atoms in total. The molecular weight excluding hydrogens is 181 g/mol. The third kappa shape index (κ3) is 3.46. The second kappa shape index (κ2) is 5.75. The number of alkyl halides is 1. The molecule has 0 fully saturated rings. The summed E-state index contributed by atoms with van der Waals surface area (Å²) in [5.41, 5.74) is 2.24. The summed E-state index contributed by atoms with van der Waals surface area (Å²) in [6.07, 6.45) is 0.988. The molecule has 4 heteroatoms. The van der Waals surface area contributed by atoms with Crippen LogP contribution in [-0.2, 0) is 6.54 Å². The lowest BCUT2D eigenvalue weighted by atomic mass is 10.4. The predicted octanol–water partition coefficient (Wildman–Crippen LogP) is 1.45. The smallest absolute Gasteiger partial charge is 0.102 e. The zero-order valence-corrected chi connectivity index (χ0v) is 8.89. The summed E-state index contributed by atoms with van der Waals surface area (Å²) >= 11 is 0. The van der Waals surface area contributed by atoms with Gasteiger partial charge in [-0.25, -0.2) is 4.39 Å². The first-order chi connectivity index (χ1) is 6.74. The zero-order chi connectivity index (χ0) is 10.4. The van der Waals surface area contributed by atoms with Gasteiger partial charge in [-0.05, 0) is 32.9 Å². The van der Waals surface area contributed by atoms with Gasteiger partial charge in [-0.15, -0.1) is 0 Å². The van der Waals surface area contributed by atoms with Crippen LogP contribution in [0.15, 0.2) is 6.07 Å². The first kappa shape index (κ1) is 11.2. The van der Waals surface area contributed by atoms with Crippen molar-refractivity contribution in [2.45, 2.75) is 26.8 Å². The van der Waals surface area contributed by atoms with Crippen LogP contribution in [0.25, 0.3) is 0 Å². The number of nitrogens with zero attached hydrogens (tertiary/aromatic N) is 2. The van der Waals surface area contributed by atoms with Gasteiger partial charge in [-0.2, -0.15) is 5.10 Å². The van der Waals surface area contributed by atoms with Gasteiger partial charge in [0.25, 0.3) is 0 Å². The molecule has 0 unspecified atom stereocenters. The van der Waals surface area contributed by atoms with Crippen LogP contribution >= 0.6 is 0 Å². The molecule has 0 saturated carbocycles. The summed E-state index contributed by atoms with van der Waals surface area (Å²) in [7, 11) is 0. The molecule has 0 saturated heterocycles. The molecule has 0 bridgehead atoms. The summed E-state index contributed by atoms with van der Waals surface area (Å²) in [4.78, 5) is 0. The second-order valence-electron chi connectivity index (χ2n) is 3.44. The van der Waals surface area contributed by atoms with E-state index in [0.29, 0.717) is 6.54 Å². The van der Waals surface area contributed by atoms with E-state index in [9.17, 15) is 4.39 Å². The molecular formula is C10H18FN3. The van der Waals surface area contributed by atoms with Gasteiger partial charge in [0.2, 0.25) is 0 Å². The molecule has 0 aliphatic rings. The molecule has 14 heavy (non-hydrogen) atoms. The Hall–Kier alpha value is -0.900. The van der Waals surface area contributed by atoms with Crippen molar-refractivity contribution in [1.82, 2.24) is 15.1 Å². The Morgan fingerprint density at radius 1 is 1.43 bits per heavy atom. The lowest BCUT2D eigenvalue weighted by Crippen LogP contribution is -2.19. The maximum Gasteiger partial charge on any atom is 0.102 e. The third-order valence-electron chi connectivity index (χ3n) is 2.10. The third-order valence-corrected chi connectivity index (χ3v) is 2.10. The van der Waals surface area contributed by atoms with Crippen LogP contribution < -0.4 is 5.32 Å². The molecule has 0 radical (unpaired) electrons. The molecule has 0 amide bonds. The van der Waals surface area contributed by atoms with Crippen LogP contribution in [0.3, 0.4) is 0 Å². The molecule has 0 atom stereocenters. The van der Waals surface area contributed by atoms with Crippen molar-refractivity contribution >= 4 is 0 Å². The quantitative estimate of drug-likeness (QED) is 0.703. The minimum Gasteiger partial charge on any atom is -0.314 e. The number of aryl methyl sites for hydroxylation is 3. The van der Waals surface area contributed by atoms with Crippen LogP contribution in [-0.4, -0.2) is 29.5 Å². The number of hydrogen-bond donors (Lipinski definition) is 1. The topological polar surface area (TPSA) is 29.9 Å². The molecule has 0 aliphatic heterocycles. The van der Waals surface area contributed by atoms with E-state index in [-0.39, 0.29) is 6.67 Å².